The molecule has 0 radical (unpaired) electrons. The van der Waals surface area contributed by atoms with Gasteiger partial charge in [0.25, 0.3) is 6.29 Å². The molecule has 0 fully saturated rings. The monoisotopic (exact) mass is 979 g/mol. The molecule has 0 aliphatic carbocycles. The van der Waals surface area contributed by atoms with Crippen molar-refractivity contribution in [2.45, 2.75) is 309 Å². The molecular weight excluding hydrogens is 863 g/mol. The van der Waals surface area contributed by atoms with E-state index in [1.165, 1.54) is 231 Å². The summed E-state index contributed by atoms with van der Waals surface area (Å²) in [4.78, 5) is 37.4. The standard InChI is InChI=1S/C60H115NO8/c1-6-8-10-12-14-16-18-20-22-24-25-26-27-28-29-30-31-32-33-35-37-39-41-43-45-47-49-51-58(63)69-56(55-68-60(59(64)65)66-53-52-61(3,4)5)54-67-57(62)50-48-46-44-42-40-38-36-34-23-21-19-17-15-13-11-9-7-2/h24-25,56,60H,6-23,26-55H2,1-5H3/p+1/b25-24-. The quantitative estimate of drug-likeness (QED) is 0.0211. The normalized spacial score (nSPS) is 12.8. The third-order valence-electron chi connectivity index (χ3n) is 13.5. The number of rotatable bonds is 56. The van der Waals surface area contributed by atoms with Gasteiger partial charge in [0, 0.05) is 12.8 Å². The van der Waals surface area contributed by atoms with Crippen molar-refractivity contribution < 1.29 is 42.9 Å². The number of ether oxygens (including phenoxy) is 4. The summed E-state index contributed by atoms with van der Waals surface area (Å²) in [5.41, 5.74) is 0. The van der Waals surface area contributed by atoms with Gasteiger partial charge >= 0.3 is 17.9 Å². The van der Waals surface area contributed by atoms with Gasteiger partial charge in [-0.1, -0.05) is 257 Å². The molecular formula is C60H116NO8+. The predicted octanol–water partition coefficient (Wildman–Crippen LogP) is 17.4. The van der Waals surface area contributed by atoms with E-state index in [1.807, 2.05) is 21.1 Å². The van der Waals surface area contributed by atoms with Crippen LogP contribution in [0.2, 0.25) is 0 Å². The van der Waals surface area contributed by atoms with Gasteiger partial charge in [0.1, 0.15) is 13.2 Å². The van der Waals surface area contributed by atoms with Crippen molar-refractivity contribution in [3.05, 3.63) is 12.2 Å². The first-order valence-corrected chi connectivity index (χ1v) is 29.9. The first-order chi connectivity index (χ1) is 33.6. The number of quaternary nitrogens is 1. The number of allylic oxidation sites excluding steroid dienone is 2. The number of likely N-dealkylation sites (N-methyl/N-ethyl adjacent to an activating group) is 1. The molecule has 2 unspecified atom stereocenters. The second-order valence-electron chi connectivity index (χ2n) is 21.7. The molecule has 0 amide bonds. The van der Waals surface area contributed by atoms with Crippen LogP contribution in [0, 0.1) is 0 Å². The molecule has 0 aromatic rings. The minimum absolute atomic E-state index is 0.174. The predicted molar refractivity (Wildman–Crippen MR) is 291 cm³/mol. The van der Waals surface area contributed by atoms with E-state index in [1.54, 1.807) is 0 Å². The maximum absolute atomic E-state index is 12.9. The zero-order chi connectivity index (χ0) is 50.6. The Bertz CT molecular complexity index is 1140. The van der Waals surface area contributed by atoms with Crippen LogP contribution in [0.15, 0.2) is 12.2 Å². The summed E-state index contributed by atoms with van der Waals surface area (Å²) in [7, 11) is 5.98. The zero-order valence-electron chi connectivity index (χ0n) is 46.5. The minimum atomic E-state index is -1.50. The highest BCUT2D eigenvalue weighted by Gasteiger charge is 2.25. The summed E-state index contributed by atoms with van der Waals surface area (Å²) in [6.07, 6.45) is 57.2. The summed E-state index contributed by atoms with van der Waals surface area (Å²) in [6, 6.07) is 0. The van der Waals surface area contributed by atoms with Gasteiger partial charge < -0.3 is 28.5 Å². The van der Waals surface area contributed by atoms with Crippen molar-refractivity contribution in [2.24, 2.45) is 0 Å². The Labute approximate surface area is 427 Å². The SMILES string of the molecule is CCCCCCCCCC/C=C\CCCCCCCCCCCCCCCCCC(=O)OC(COC(=O)CCCCCCCCCCCCCCCCCCC)COC(OCC[N+](C)(C)C)C(=O)O. The zero-order valence-corrected chi connectivity index (χ0v) is 46.5. The van der Waals surface area contributed by atoms with Crippen LogP contribution in [0.4, 0.5) is 0 Å². The van der Waals surface area contributed by atoms with Gasteiger partial charge in [-0.15, -0.1) is 0 Å². The molecule has 0 aromatic carbocycles. The van der Waals surface area contributed by atoms with Gasteiger partial charge in [-0.2, -0.15) is 0 Å². The fourth-order valence-corrected chi connectivity index (χ4v) is 8.89. The number of hydrogen-bond acceptors (Lipinski definition) is 7. The summed E-state index contributed by atoms with van der Waals surface area (Å²) in [5.74, 6) is -1.98. The number of carbonyl (C=O) groups excluding carboxylic acids is 2. The molecule has 0 saturated heterocycles. The van der Waals surface area contributed by atoms with Gasteiger partial charge in [0.15, 0.2) is 6.10 Å². The van der Waals surface area contributed by atoms with E-state index >= 15 is 0 Å². The number of hydrogen-bond donors (Lipinski definition) is 1. The molecule has 69 heavy (non-hydrogen) atoms. The number of esters is 2. The van der Waals surface area contributed by atoms with Crippen LogP contribution >= 0.6 is 0 Å². The van der Waals surface area contributed by atoms with Gasteiger partial charge in [0.05, 0.1) is 34.4 Å². The molecule has 0 aromatic heterocycles. The summed E-state index contributed by atoms with van der Waals surface area (Å²) >= 11 is 0. The third-order valence-corrected chi connectivity index (χ3v) is 13.5. The van der Waals surface area contributed by atoms with E-state index in [9.17, 15) is 19.5 Å². The van der Waals surface area contributed by atoms with E-state index in [0.717, 1.165) is 38.5 Å². The lowest BCUT2D eigenvalue weighted by Gasteiger charge is -2.25. The molecule has 0 spiro atoms. The van der Waals surface area contributed by atoms with Crippen molar-refractivity contribution in [1.29, 1.82) is 0 Å². The van der Waals surface area contributed by atoms with Gasteiger partial charge in [-0.25, -0.2) is 4.79 Å². The second-order valence-corrected chi connectivity index (χ2v) is 21.7. The first-order valence-electron chi connectivity index (χ1n) is 29.9. The topological polar surface area (TPSA) is 108 Å². The number of carboxylic acids is 1. The number of carboxylic acid groups (broad SMARTS) is 1. The summed E-state index contributed by atoms with van der Waals surface area (Å²) in [5, 5.41) is 9.70. The highest BCUT2D eigenvalue weighted by Crippen LogP contribution is 2.17. The molecule has 2 atom stereocenters. The lowest BCUT2D eigenvalue weighted by molar-refractivity contribution is -0.870. The molecule has 0 heterocycles. The molecule has 0 aliphatic rings. The van der Waals surface area contributed by atoms with E-state index in [0.29, 0.717) is 17.4 Å². The van der Waals surface area contributed by atoms with Crippen LogP contribution < -0.4 is 0 Å². The van der Waals surface area contributed by atoms with Gasteiger partial charge in [-0.3, -0.25) is 9.59 Å². The van der Waals surface area contributed by atoms with E-state index in [4.69, 9.17) is 18.9 Å². The van der Waals surface area contributed by atoms with Gasteiger partial charge in [0.2, 0.25) is 0 Å². The Hall–Kier alpha value is -1.97. The largest absolute Gasteiger partial charge is 0.477 e. The smallest absolute Gasteiger partial charge is 0.361 e. The maximum atomic E-state index is 12.9. The number of unbranched alkanes of at least 4 members (excludes halogenated alkanes) is 39. The molecule has 0 saturated carbocycles. The van der Waals surface area contributed by atoms with Crippen molar-refractivity contribution in [3.63, 3.8) is 0 Å². The van der Waals surface area contributed by atoms with Crippen molar-refractivity contribution in [2.75, 3.05) is 47.5 Å². The molecule has 0 bridgehead atoms. The average molecular weight is 980 g/mol. The molecule has 9 nitrogen and oxygen atoms in total. The summed E-state index contributed by atoms with van der Waals surface area (Å²) < 4.78 is 22.9. The highest BCUT2D eigenvalue weighted by molar-refractivity contribution is 5.71. The molecule has 0 rings (SSSR count). The fraction of sp³-hybridized carbons (Fsp3) is 0.917. The summed E-state index contributed by atoms with van der Waals surface area (Å²) in [6.45, 7) is 4.94. The number of aliphatic carboxylic acids is 1. The lowest BCUT2D eigenvalue weighted by Crippen LogP contribution is -2.40. The maximum Gasteiger partial charge on any atom is 0.361 e. The van der Waals surface area contributed by atoms with Crippen molar-refractivity contribution >= 4 is 17.9 Å². The third kappa shape index (κ3) is 53.7. The molecule has 9 heteroatoms. The van der Waals surface area contributed by atoms with Crippen LogP contribution in [0.5, 0.6) is 0 Å². The molecule has 408 valence electrons. The van der Waals surface area contributed by atoms with Crippen molar-refractivity contribution in [1.82, 2.24) is 0 Å². The van der Waals surface area contributed by atoms with E-state index in [-0.39, 0.29) is 38.2 Å². The highest BCUT2D eigenvalue weighted by atomic mass is 16.7. The Morgan fingerprint density at radius 2 is 0.739 bits per heavy atom. The first kappa shape index (κ1) is 67.0. The fourth-order valence-electron chi connectivity index (χ4n) is 8.89. The molecule has 0 aliphatic heterocycles. The van der Waals surface area contributed by atoms with E-state index < -0.39 is 18.4 Å². The average Bonchev–Trinajstić information content (AvgIpc) is 3.31. The van der Waals surface area contributed by atoms with E-state index in [2.05, 4.69) is 26.0 Å². The van der Waals surface area contributed by atoms with Crippen LogP contribution in [-0.2, 0) is 33.3 Å². The van der Waals surface area contributed by atoms with Crippen LogP contribution in [0.1, 0.15) is 296 Å². The number of carbonyl (C=O) groups is 3. The van der Waals surface area contributed by atoms with Crippen LogP contribution in [-0.4, -0.2) is 87.4 Å². The second kappa shape index (κ2) is 52.4. The Balaban J connectivity index is 4.15. The lowest BCUT2D eigenvalue weighted by atomic mass is 10.0. The molecule has 1 N–H and O–H groups in total. The Morgan fingerprint density at radius 1 is 0.420 bits per heavy atom. The van der Waals surface area contributed by atoms with Crippen LogP contribution in [0.3, 0.4) is 0 Å². The number of nitrogens with zero attached hydrogens (tertiary/aromatic N) is 1. The Kier molecular flexibility index (Phi) is 50.9. The Morgan fingerprint density at radius 3 is 1.07 bits per heavy atom. The minimum Gasteiger partial charge on any atom is -0.477 e. The van der Waals surface area contributed by atoms with Crippen molar-refractivity contribution in [3.8, 4) is 0 Å². The van der Waals surface area contributed by atoms with Crippen LogP contribution in [0.25, 0.3) is 0 Å². The van der Waals surface area contributed by atoms with Gasteiger partial charge in [-0.05, 0) is 38.5 Å².